The van der Waals surface area contributed by atoms with Crippen LogP contribution in [0, 0.1) is 26.7 Å². The fourth-order valence-corrected chi connectivity index (χ4v) is 12.3. The summed E-state index contributed by atoms with van der Waals surface area (Å²) in [6, 6.07) is 41.6. The van der Waals surface area contributed by atoms with Crippen molar-refractivity contribution in [3.8, 4) is 0 Å². The molecule has 6 aromatic carbocycles. The molecule has 6 rings (SSSR count). The lowest BCUT2D eigenvalue weighted by Crippen LogP contribution is -2.52. The number of nitrogens with zero attached hydrogens (tertiary/aromatic N) is 2. The molecule has 0 fully saturated rings. The van der Waals surface area contributed by atoms with Crippen molar-refractivity contribution in [1.82, 2.24) is 9.03 Å². The van der Waals surface area contributed by atoms with Crippen LogP contribution < -0.4 is 14.3 Å². The van der Waals surface area contributed by atoms with Crippen molar-refractivity contribution in [2.45, 2.75) is 80.3 Å². The number of carbonyl (C=O) groups is 1. The van der Waals surface area contributed by atoms with Gasteiger partial charge < -0.3 is 10.1 Å². The minimum absolute atomic E-state index is 0.00516. The molecule has 0 heterocycles. The molecule has 2 N–H and O–H groups in total. The number of aryl methyl sites for hydroxylation is 3. The van der Waals surface area contributed by atoms with E-state index >= 15 is 8.42 Å². The average Bonchev–Trinajstić information content (AvgIpc) is 3.29. The molecule has 0 saturated carbocycles. The van der Waals surface area contributed by atoms with Gasteiger partial charge in [-0.1, -0.05) is 140 Å². The normalized spacial score (nSPS) is 13.5. The van der Waals surface area contributed by atoms with Gasteiger partial charge in [0.2, 0.25) is 20.0 Å². The summed E-state index contributed by atoms with van der Waals surface area (Å²) in [6.07, 6.45) is 0.382. The maximum Gasteiger partial charge on any atom is 0.324 e. The number of carbonyl (C=O) groups excluding carboxylic acids is 1. The summed E-state index contributed by atoms with van der Waals surface area (Å²) in [5.74, 6) is -1.24. The standard InChI is InChI=1S/C51H58N4O8S3/c1-37(2)50(51(56)63-6)55(66(61,62)47-31-25-40(5)26-32-47)35-43(33-41-15-9-7-10-16-41)52-48-19-13-14-20-49(48)54(65(59,60)46-29-23-39(4)24-30-46)36-44(34-42-17-11-8-12-18-42)53-64(57,58)45-27-21-38(3)22-28-45/h7-32,37,43-44,50,52-53H,33-36H2,1-6H3/t43-,44-,50-/m0/s1. The van der Waals surface area contributed by atoms with Crippen LogP contribution in [-0.4, -0.2) is 73.9 Å². The number of para-hydroxylation sites is 2. The highest BCUT2D eigenvalue weighted by molar-refractivity contribution is 7.93. The quantitative estimate of drug-likeness (QED) is 0.0677. The topological polar surface area (TPSA) is 159 Å². The van der Waals surface area contributed by atoms with Gasteiger partial charge in [-0.15, -0.1) is 0 Å². The van der Waals surface area contributed by atoms with Crippen LogP contribution in [0.15, 0.2) is 172 Å². The van der Waals surface area contributed by atoms with Gasteiger partial charge in [0.1, 0.15) is 6.04 Å². The first kappa shape index (κ1) is 49.6. The molecule has 66 heavy (non-hydrogen) atoms. The van der Waals surface area contributed by atoms with E-state index < -0.39 is 60.1 Å². The van der Waals surface area contributed by atoms with Crippen molar-refractivity contribution < 1.29 is 34.8 Å². The number of benzene rings is 6. The second kappa shape index (κ2) is 21.6. The van der Waals surface area contributed by atoms with Crippen LogP contribution in [0.3, 0.4) is 0 Å². The molecule has 0 aromatic heterocycles. The monoisotopic (exact) mass is 950 g/mol. The zero-order valence-electron chi connectivity index (χ0n) is 38.0. The Morgan fingerprint density at radius 1 is 0.545 bits per heavy atom. The van der Waals surface area contributed by atoms with Crippen LogP contribution in [0.5, 0.6) is 0 Å². The Morgan fingerprint density at radius 2 is 0.985 bits per heavy atom. The second-order valence-corrected chi connectivity index (χ2v) is 22.3. The molecule has 0 bridgehead atoms. The number of ether oxygens (including phenoxy) is 1. The Labute approximate surface area is 390 Å². The van der Waals surface area contributed by atoms with E-state index in [-0.39, 0.29) is 46.3 Å². The van der Waals surface area contributed by atoms with E-state index in [9.17, 15) is 21.6 Å². The van der Waals surface area contributed by atoms with Gasteiger partial charge in [-0.25, -0.2) is 30.0 Å². The van der Waals surface area contributed by atoms with Crippen molar-refractivity contribution in [2.24, 2.45) is 5.92 Å². The summed E-state index contributed by atoms with van der Waals surface area (Å²) in [5, 5.41) is 3.52. The van der Waals surface area contributed by atoms with Crippen LogP contribution >= 0.6 is 0 Å². The van der Waals surface area contributed by atoms with E-state index in [0.717, 1.165) is 27.8 Å². The van der Waals surface area contributed by atoms with Gasteiger partial charge in [-0.3, -0.25) is 9.10 Å². The lowest BCUT2D eigenvalue weighted by atomic mass is 10.0. The van der Waals surface area contributed by atoms with Crippen molar-refractivity contribution in [3.63, 3.8) is 0 Å². The Morgan fingerprint density at radius 3 is 1.47 bits per heavy atom. The SMILES string of the molecule is COC(=O)[C@H](C(C)C)N(C[C@H](Cc1ccccc1)Nc1ccccc1N(C[C@H](Cc1ccccc1)NS(=O)(=O)c1ccc(C)cc1)S(=O)(=O)c1ccc(C)cc1)S(=O)(=O)c1ccc(C)cc1. The van der Waals surface area contributed by atoms with Crippen LogP contribution in [0.25, 0.3) is 0 Å². The summed E-state index contributed by atoms with van der Waals surface area (Å²) in [7, 11) is -11.7. The molecule has 348 valence electrons. The summed E-state index contributed by atoms with van der Waals surface area (Å²) >= 11 is 0. The fourth-order valence-electron chi connectivity index (χ4n) is 7.77. The zero-order chi connectivity index (χ0) is 47.6. The largest absolute Gasteiger partial charge is 0.468 e. The molecule has 3 atom stereocenters. The smallest absolute Gasteiger partial charge is 0.324 e. The van der Waals surface area contributed by atoms with Crippen LogP contribution in [0.2, 0.25) is 0 Å². The molecule has 0 aliphatic heterocycles. The van der Waals surface area contributed by atoms with E-state index in [0.29, 0.717) is 5.69 Å². The predicted octanol–water partition coefficient (Wildman–Crippen LogP) is 8.31. The van der Waals surface area contributed by atoms with Crippen LogP contribution in [-0.2, 0) is 52.4 Å². The van der Waals surface area contributed by atoms with Gasteiger partial charge in [0.05, 0.1) is 39.7 Å². The van der Waals surface area contributed by atoms with Gasteiger partial charge >= 0.3 is 5.97 Å². The predicted molar refractivity (Wildman–Crippen MR) is 261 cm³/mol. The zero-order valence-corrected chi connectivity index (χ0v) is 40.5. The molecule has 0 amide bonds. The number of methoxy groups -OCH3 is 1. The highest BCUT2D eigenvalue weighted by Gasteiger charge is 2.40. The molecular formula is C51H58N4O8S3. The van der Waals surface area contributed by atoms with E-state index in [1.807, 2.05) is 81.4 Å². The first-order chi connectivity index (χ1) is 31.4. The number of esters is 1. The summed E-state index contributed by atoms with van der Waals surface area (Å²) < 4.78 is 98.6. The van der Waals surface area contributed by atoms with Crippen LogP contribution in [0.4, 0.5) is 11.4 Å². The van der Waals surface area contributed by atoms with Gasteiger partial charge in [0, 0.05) is 18.6 Å². The lowest BCUT2D eigenvalue weighted by molar-refractivity contribution is -0.146. The number of nitrogens with one attached hydrogen (secondary N) is 2. The minimum atomic E-state index is -4.44. The van der Waals surface area contributed by atoms with Crippen molar-refractivity contribution >= 4 is 47.4 Å². The average molecular weight is 951 g/mol. The second-order valence-electron chi connectivity index (χ2n) is 16.8. The van der Waals surface area contributed by atoms with Crippen LogP contribution in [0.1, 0.15) is 41.7 Å². The van der Waals surface area contributed by atoms with Gasteiger partial charge in [0.15, 0.2) is 0 Å². The molecule has 0 spiro atoms. The number of rotatable bonds is 21. The number of sulfonamides is 3. The van der Waals surface area contributed by atoms with Crippen molar-refractivity contribution in [1.29, 1.82) is 0 Å². The lowest BCUT2D eigenvalue weighted by Gasteiger charge is -2.36. The Kier molecular flexibility index (Phi) is 16.3. The Balaban J connectivity index is 1.50. The van der Waals surface area contributed by atoms with E-state index in [2.05, 4.69) is 10.0 Å². The molecular weight excluding hydrogens is 893 g/mol. The minimum Gasteiger partial charge on any atom is -0.468 e. The number of hydrogen-bond acceptors (Lipinski definition) is 9. The van der Waals surface area contributed by atoms with Gasteiger partial charge in [0.25, 0.3) is 10.0 Å². The van der Waals surface area contributed by atoms with Crippen molar-refractivity contribution in [2.75, 3.05) is 29.8 Å². The third-order valence-electron chi connectivity index (χ3n) is 11.2. The fraction of sp³-hybridized carbons (Fsp3) is 0.275. The highest BCUT2D eigenvalue weighted by Crippen LogP contribution is 2.34. The van der Waals surface area contributed by atoms with Gasteiger partial charge in [-0.05, 0) is 99.2 Å². The summed E-state index contributed by atoms with van der Waals surface area (Å²) in [5.41, 5.74) is 4.70. The molecule has 12 nitrogen and oxygen atoms in total. The number of hydrogen-bond donors (Lipinski definition) is 2. The molecule has 0 aliphatic carbocycles. The van der Waals surface area contributed by atoms with E-state index in [1.165, 1.54) is 52.1 Å². The Hall–Kier alpha value is -5.84. The molecule has 0 radical (unpaired) electrons. The third kappa shape index (κ3) is 12.3. The molecule has 6 aromatic rings. The highest BCUT2D eigenvalue weighted by atomic mass is 32.2. The summed E-state index contributed by atoms with van der Waals surface area (Å²) in [4.78, 5) is 13.6. The maximum absolute atomic E-state index is 15.2. The third-order valence-corrected chi connectivity index (χ3v) is 16.4. The molecule has 0 unspecified atom stereocenters. The van der Waals surface area contributed by atoms with E-state index in [4.69, 9.17) is 4.74 Å². The first-order valence-electron chi connectivity index (χ1n) is 21.7. The molecule has 15 heteroatoms. The Bertz CT molecular complexity index is 2880. The van der Waals surface area contributed by atoms with Crippen molar-refractivity contribution in [3.05, 3.63) is 186 Å². The molecule has 0 aliphatic rings. The maximum atomic E-state index is 15.2. The first-order valence-corrected chi connectivity index (χ1v) is 26.0. The van der Waals surface area contributed by atoms with Gasteiger partial charge in [-0.2, -0.15) is 4.31 Å². The number of anilines is 2. The summed E-state index contributed by atoms with van der Waals surface area (Å²) in [6.45, 7) is 8.47. The molecule has 0 saturated heterocycles. The van der Waals surface area contributed by atoms with E-state index in [1.54, 1.807) is 74.5 Å².